The van der Waals surface area contributed by atoms with Crippen molar-refractivity contribution in [2.75, 3.05) is 0 Å². The first-order valence-corrected chi connectivity index (χ1v) is 7.59. The maximum atomic E-state index is 6.30. The van der Waals surface area contributed by atoms with Crippen molar-refractivity contribution in [1.29, 1.82) is 0 Å². The molecule has 0 aliphatic carbocycles. The van der Waals surface area contributed by atoms with Crippen LogP contribution in [0.1, 0.15) is 11.1 Å². The van der Waals surface area contributed by atoms with Crippen LogP contribution in [0, 0.1) is 13.8 Å². The zero-order valence-electron chi connectivity index (χ0n) is 12.0. The molecule has 0 aliphatic heterocycles. The highest BCUT2D eigenvalue weighted by Crippen LogP contribution is 2.36. The number of hydrogen-bond donors (Lipinski definition) is 2. The number of H-pyrrole nitrogens is 2. The lowest BCUT2D eigenvalue weighted by Gasteiger charge is -2.04. The van der Waals surface area contributed by atoms with E-state index in [2.05, 4.69) is 32.5 Å². The molecule has 0 bridgehead atoms. The zero-order valence-corrected chi connectivity index (χ0v) is 13.5. The van der Waals surface area contributed by atoms with Gasteiger partial charge < -0.3 is 0 Å². The van der Waals surface area contributed by atoms with Gasteiger partial charge in [-0.1, -0.05) is 23.2 Å². The lowest BCUT2D eigenvalue weighted by Crippen LogP contribution is -1.85. The van der Waals surface area contributed by atoms with Crippen molar-refractivity contribution < 1.29 is 0 Å². The fraction of sp³-hybridized carbons (Fsp3) is 0.125. The first-order chi connectivity index (χ1) is 10.5. The van der Waals surface area contributed by atoms with Crippen LogP contribution in [0.2, 0.25) is 10.2 Å². The van der Waals surface area contributed by atoms with Crippen LogP contribution in [-0.2, 0) is 0 Å². The Kier molecular flexibility index (Phi) is 2.93. The minimum atomic E-state index is 0.467. The summed E-state index contributed by atoms with van der Waals surface area (Å²) in [5, 5.41) is 17.6. The van der Waals surface area contributed by atoms with E-state index >= 15 is 0 Å². The number of halogens is 2. The van der Waals surface area contributed by atoms with Crippen molar-refractivity contribution in [3.8, 4) is 11.3 Å². The molecule has 0 fully saturated rings. The zero-order chi connectivity index (χ0) is 15.4. The Morgan fingerprint density at radius 2 is 1.50 bits per heavy atom. The van der Waals surface area contributed by atoms with Crippen LogP contribution in [-0.4, -0.2) is 20.4 Å². The SMILES string of the molecule is Cc1cc(Cl)c2[nH]nc(-c3cc(C)cc4c(Cl)n[nH]c34)c2c1. The second-order valence-electron chi connectivity index (χ2n) is 5.49. The summed E-state index contributed by atoms with van der Waals surface area (Å²) in [5.74, 6) is 0. The van der Waals surface area contributed by atoms with E-state index < -0.39 is 0 Å². The largest absolute Gasteiger partial charge is 0.276 e. The molecule has 0 radical (unpaired) electrons. The highest BCUT2D eigenvalue weighted by atomic mass is 35.5. The Hall–Kier alpha value is -2.04. The van der Waals surface area contributed by atoms with Crippen molar-refractivity contribution in [2.24, 2.45) is 0 Å². The summed E-state index contributed by atoms with van der Waals surface area (Å²) in [7, 11) is 0. The molecule has 2 heterocycles. The van der Waals surface area contributed by atoms with E-state index in [4.69, 9.17) is 23.2 Å². The van der Waals surface area contributed by atoms with Gasteiger partial charge >= 0.3 is 0 Å². The van der Waals surface area contributed by atoms with E-state index in [0.717, 1.165) is 44.2 Å². The van der Waals surface area contributed by atoms with Crippen molar-refractivity contribution in [3.05, 3.63) is 45.6 Å². The summed E-state index contributed by atoms with van der Waals surface area (Å²) >= 11 is 12.5. The van der Waals surface area contributed by atoms with Crippen molar-refractivity contribution >= 4 is 45.0 Å². The average molecular weight is 331 g/mol. The molecule has 6 heteroatoms. The van der Waals surface area contributed by atoms with E-state index in [1.54, 1.807) is 0 Å². The van der Waals surface area contributed by atoms with E-state index in [9.17, 15) is 0 Å². The predicted molar refractivity (Wildman–Crippen MR) is 90.7 cm³/mol. The monoisotopic (exact) mass is 330 g/mol. The summed E-state index contributed by atoms with van der Waals surface area (Å²) in [6.07, 6.45) is 0. The lowest BCUT2D eigenvalue weighted by atomic mass is 10.0. The molecule has 4 rings (SSSR count). The van der Waals surface area contributed by atoms with Gasteiger partial charge in [0.2, 0.25) is 0 Å². The number of nitrogens with zero attached hydrogens (tertiary/aromatic N) is 2. The molecule has 22 heavy (non-hydrogen) atoms. The minimum Gasteiger partial charge on any atom is -0.276 e. The van der Waals surface area contributed by atoms with Gasteiger partial charge in [-0.3, -0.25) is 10.2 Å². The van der Waals surface area contributed by atoms with Crippen molar-refractivity contribution in [2.45, 2.75) is 13.8 Å². The molecule has 0 saturated carbocycles. The van der Waals surface area contributed by atoms with Crippen LogP contribution < -0.4 is 0 Å². The third-order valence-electron chi connectivity index (χ3n) is 3.80. The van der Waals surface area contributed by atoms with Gasteiger partial charge in [-0.2, -0.15) is 10.2 Å². The molecule has 0 saturated heterocycles. The summed E-state index contributed by atoms with van der Waals surface area (Å²) in [6, 6.07) is 8.08. The van der Waals surface area contributed by atoms with Gasteiger partial charge in [0.25, 0.3) is 0 Å². The van der Waals surface area contributed by atoms with Gasteiger partial charge in [0.05, 0.1) is 16.1 Å². The topological polar surface area (TPSA) is 57.4 Å². The van der Waals surface area contributed by atoms with Crippen LogP contribution in [0.5, 0.6) is 0 Å². The standard InChI is InChI=1S/C16H12Cl2N4/c1-7-3-9(14-11(5-7)16(18)22-20-14)13-10-4-8(2)6-12(17)15(10)21-19-13/h3-6H,1-2H3,(H,19,21)(H,20,22). The van der Waals surface area contributed by atoms with E-state index in [0.29, 0.717) is 10.2 Å². The third-order valence-corrected chi connectivity index (χ3v) is 4.38. The Morgan fingerprint density at radius 1 is 0.818 bits per heavy atom. The number of benzene rings is 2. The van der Waals surface area contributed by atoms with Crippen LogP contribution in [0.15, 0.2) is 24.3 Å². The molecule has 110 valence electrons. The Bertz CT molecular complexity index is 1030. The average Bonchev–Trinajstić information content (AvgIpc) is 3.03. The molecule has 2 aromatic carbocycles. The Labute approximate surface area is 136 Å². The quantitative estimate of drug-likeness (QED) is 0.514. The van der Waals surface area contributed by atoms with Crippen LogP contribution >= 0.6 is 23.2 Å². The first kappa shape index (κ1) is 13.6. The number of aryl methyl sites for hydroxylation is 2. The molecule has 2 N–H and O–H groups in total. The second-order valence-corrected chi connectivity index (χ2v) is 6.26. The number of nitrogens with one attached hydrogen (secondary N) is 2. The van der Waals surface area contributed by atoms with Crippen molar-refractivity contribution in [3.63, 3.8) is 0 Å². The summed E-state index contributed by atoms with van der Waals surface area (Å²) < 4.78 is 0. The maximum absolute atomic E-state index is 6.30. The van der Waals surface area contributed by atoms with E-state index in [1.165, 1.54) is 0 Å². The summed E-state index contributed by atoms with van der Waals surface area (Å²) in [6.45, 7) is 4.04. The molecule has 4 nitrogen and oxygen atoms in total. The van der Waals surface area contributed by atoms with Crippen LogP contribution in [0.25, 0.3) is 33.1 Å². The molecular weight excluding hydrogens is 319 g/mol. The number of rotatable bonds is 1. The van der Waals surface area contributed by atoms with Gasteiger partial charge in [-0.15, -0.1) is 0 Å². The van der Waals surface area contributed by atoms with Gasteiger partial charge in [0.1, 0.15) is 5.69 Å². The third kappa shape index (κ3) is 1.91. The predicted octanol–water partition coefficient (Wildman–Crippen LogP) is 5.03. The molecule has 2 aromatic heterocycles. The van der Waals surface area contributed by atoms with E-state index in [-0.39, 0.29) is 0 Å². The van der Waals surface area contributed by atoms with Crippen LogP contribution in [0.4, 0.5) is 0 Å². The normalized spacial score (nSPS) is 11.6. The maximum Gasteiger partial charge on any atom is 0.158 e. The summed E-state index contributed by atoms with van der Waals surface area (Å²) in [5.41, 5.74) is 5.70. The van der Waals surface area contributed by atoms with E-state index in [1.807, 2.05) is 26.0 Å². The molecular formula is C16H12Cl2N4. The molecule has 0 atom stereocenters. The second kappa shape index (κ2) is 4.73. The van der Waals surface area contributed by atoms with Gasteiger partial charge in [-0.05, 0) is 49.2 Å². The fourth-order valence-corrected chi connectivity index (χ4v) is 3.35. The van der Waals surface area contributed by atoms with Crippen molar-refractivity contribution in [1.82, 2.24) is 20.4 Å². The molecule has 0 spiro atoms. The molecule has 4 aromatic rings. The minimum absolute atomic E-state index is 0.467. The Morgan fingerprint density at radius 3 is 2.32 bits per heavy atom. The molecule has 0 amide bonds. The number of hydrogen-bond acceptors (Lipinski definition) is 2. The first-order valence-electron chi connectivity index (χ1n) is 6.83. The molecule has 0 aliphatic rings. The fourth-order valence-electron chi connectivity index (χ4n) is 2.84. The van der Waals surface area contributed by atoms with Crippen LogP contribution in [0.3, 0.4) is 0 Å². The van der Waals surface area contributed by atoms with Gasteiger partial charge in [0.15, 0.2) is 5.15 Å². The Balaban J connectivity index is 2.12. The highest BCUT2D eigenvalue weighted by Gasteiger charge is 2.16. The molecule has 0 unspecified atom stereocenters. The number of fused-ring (bicyclic) bond motifs is 2. The summed E-state index contributed by atoms with van der Waals surface area (Å²) in [4.78, 5) is 0. The number of aromatic amines is 2. The van der Waals surface area contributed by atoms with Gasteiger partial charge in [0, 0.05) is 16.3 Å². The number of aromatic nitrogens is 4. The lowest BCUT2D eigenvalue weighted by molar-refractivity contribution is 1.11. The highest BCUT2D eigenvalue weighted by molar-refractivity contribution is 6.36. The van der Waals surface area contributed by atoms with Gasteiger partial charge in [-0.25, -0.2) is 0 Å². The smallest absolute Gasteiger partial charge is 0.158 e.